The second-order valence-electron chi connectivity index (χ2n) is 27.3. The minimum atomic E-state index is -0.541. The second kappa shape index (κ2) is 31.6. The number of nitriles is 3. The van der Waals surface area contributed by atoms with Gasteiger partial charge in [0.1, 0.15) is 5.60 Å². The minimum absolute atomic E-state index is 0.000119. The third-order valence-corrected chi connectivity index (χ3v) is 18.9. The molecule has 0 bridgehead atoms. The standard InChI is InChI=1S/C30H30N6O3.C27H24N6O2.C25H22N6O/c1-30(2,3)39-29(38)33-24-12-15-35(16-13-24)28(37)23-10-8-22(9-11-23)26-14-17-36-27(34-26)25(19-32-36)21-6-4-20(18-31)5-7-21;1-18(34)30-23-10-13-32(14-11-23)27(35)22-8-6-21(7-9-22)25-12-15-33-26(31-25)24(17-29-33)20-4-2-19(16-28)3-5-20;26-15-17-1-3-18(4-2-17)22-16-28-31-14-11-23(29-24(22)31)19-5-7-20(8-6-19)25(32)30-12-9-21(27)10-13-30/h4-11,14,17,19,24H,12-13,15-16H2,1-3H3,(H,33,38);2-9,12,15,17,23H,10-11,13-14H2,1H3,(H,30,34);1-8,11,14,16,21H,9-10,12-13,27H2. The topological polar surface area (TPSA) is 316 Å². The van der Waals surface area contributed by atoms with Crippen LogP contribution in [0.1, 0.15) is 114 Å². The van der Waals surface area contributed by atoms with Crippen LogP contribution in [0, 0.1) is 34.0 Å². The smallest absolute Gasteiger partial charge is 0.407 e. The highest BCUT2D eigenvalue weighted by Gasteiger charge is 2.29. The van der Waals surface area contributed by atoms with Gasteiger partial charge in [0, 0.05) is 133 Å². The number of rotatable bonds is 11. The van der Waals surface area contributed by atoms with E-state index in [4.69, 9.17) is 41.2 Å². The fraction of sp³-hybridized carbons (Fsp3) is 0.244. The maximum absolute atomic E-state index is 13.1. The van der Waals surface area contributed by atoms with Crippen molar-refractivity contribution in [3.05, 3.63) is 234 Å². The highest BCUT2D eigenvalue weighted by molar-refractivity contribution is 5.96. The lowest BCUT2D eigenvalue weighted by molar-refractivity contribution is -0.119. The van der Waals surface area contributed by atoms with Crippen LogP contribution in [0.4, 0.5) is 4.79 Å². The average molecular weight is 1410 g/mol. The molecule has 0 spiro atoms. The molecule has 0 aliphatic carbocycles. The lowest BCUT2D eigenvalue weighted by Gasteiger charge is -2.33. The first-order chi connectivity index (χ1) is 51.3. The zero-order valence-corrected chi connectivity index (χ0v) is 59.0. The number of carbonyl (C=O) groups excluding carboxylic acids is 5. The first kappa shape index (κ1) is 71.2. The summed E-state index contributed by atoms with van der Waals surface area (Å²) in [7, 11) is 0. The number of fused-ring (bicyclic) bond motifs is 3. The van der Waals surface area contributed by atoms with Crippen molar-refractivity contribution in [1.29, 1.82) is 15.8 Å². The predicted molar refractivity (Wildman–Crippen MR) is 400 cm³/mol. The van der Waals surface area contributed by atoms with Gasteiger partial charge in [-0.15, -0.1) is 0 Å². The predicted octanol–water partition coefficient (Wildman–Crippen LogP) is 12.2. The number of benzene rings is 6. The molecule has 4 N–H and O–H groups in total. The average Bonchev–Trinajstić information content (AvgIpc) is 1.62. The van der Waals surface area contributed by atoms with Gasteiger partial charge >= 0.3 is 6.09 Å². The van der Waals surface area contributed by atoms with Crippen LogP contribution in [0.25, 0.3) is 84.1 Å². The number of amides is 5. The maximum atomic E-state index is 13.1. The van der Waals surface area contributed by atoms with E-state index in [1.807, 2.05) is 181 Å². The second-order valence-corrected chi connectivity index (χ2v) is 27.3. The number of hydrogen-bond acceptors (Lipinski definition) is 16. The SMILES string of the molecule is CC(=O)NC1CCN(C(=O)c2ccc(-c3ccn4ncc(-c5ccc(C#N)cc5)c4n3)cc2)CC1.CC(C)(C)OC(=O)NC1CCN(C(=O)c2ccc(-c3ccn4ncc(-c5ccc(C#N)cc5)c4n3)cc2)CC1.N#Cc1ccc(-c2cnn3ccc(-c4ccc(C(=O)N5CCC(N)CC5)cc4)nc23)cc1. The van der Waals surface area contributed by atoms with Crippen LogP contribution >= 0.6 is 0 Å². The Morgan fingerprint density at radius 3 is 0.981 bits per heavy atom. The van der Waals surface area contributed by atoms with E-state index in [0.717, 1.165) is 104 Å². The molecule has 6 aromatic carbocycles. The fourth-order valence-corrected chi connectivity index (χ4v) is 13.1. The molecule has 3 aliphatic rings. The molecule has 9 heterocycles. The zero-order chi connectivity index (χ0) is 74.0. The van der Waals surface area contributed by atoms with E-state index < -0.39 is 11.7 Å². The number of nitrogens with zero attached hydrogens (tertiary/aromatic N) is 15. The molecule has 24 nitrogen and oxygen atoms in total. The molecule has 3 fully saturated rings. The van der Waals surface area contributed by atoms with Crippen LogP contribution < -0.4 is 16.4 Å². The lowest BCUT2D eigenvalue weighted by atomic mass is 10.0. The third kappa shape index (κ3) is 16.6. The molecular formula is C82H76N18O6. The van der Waals surface area contributed by atoms with Crippen LogP contribution in [-0.2, 0) is 9.53 Å². The van der Waals surface area contributed by atoms with Crippen molar-refractivity contribution in [2.75, 3.05) is 39.3 Å². The normalized spacial score (nSPS) is 14.2. The van der Waals surface area contributed by atoms with Gasteiger partial charge in [0.05, 0.1) is 70.6 Å². The van der Waals surface area contributed by atoms with E-state index in [9.17, 15) is 24.0 Å². The molecule has 0 unspecified atom stereocenters. The molecule has 3 saturated heterocycles. The first-order valence-corrected chi connectivity index (χ1v) is 35.1. The van der Waals surface area contributed by atoms with Crippen LogP contribution in [0.3, 0.4) is 0 Å². The molecule has 0 atom stereocenters. The minimum Gasteiger partial charge on any atom is -0.444 e. The van der Waals surface area contributed by atoms with Crippen molar-refractivity contribution < 1.29 is 28.7 Å². The largest absolute Gasteiger partial charge is 0.444 e. The Bertz CT molecular complexity index is 5330. The van der Waals surface area contributed by atoms with Crippen molar-refractivity contribution in [2.45, 2.75) is 89.9 Å². The van der Waals surface area contributed by atoms with Gasteiger partial charge in [0.15, 0.2) is 16.9 Å². The van der Waals surface area contributed by atoms with Gasteiger partial charge in [-0.3, -0.25) is 19.2 Å². The van der Waals surface area contributed by atoms with Crippen LogP contribution in [-0.4, -0.2) is 151 Å². The Hall–Kier alpha value is -13.2. The molecule has 15 rings (SSSR count). The number of nitrogens with two attached hydrogens (primary N) is 1. The molecule has 0 saturated carbocycles. The summed E-state index contributed by atoms with van der Waals surface area (Å²) in [4.78, 5) is 82.2. The van der Waals surface area contributed by atoms with Gasteiger partial charge in [0.2, 0.25) is 5.91 Å². The van der Waals surface area contributed by atoms with Crippen LogP contribution in [0.5, 0.6) is 0 Å². The molecule has 12 aromatic rings. The Kier molecular flexibility index (Phi) is 21.2. The Balaban J connectivity index is 0.000000141. The number of ether oxygens (including phenoxy) is 1. The van der Waals surface area contributed by atoms with E-state index in [1.165, 1.54) is 6.92 Å². The summed E-state index contributed by atoms with van der Waals surface area (Å²) in [6.45, 7) is 10.8. The van der Waals surface area contributed by atoms with E-state index in [-0.39, 0.29) is 41.8 Å². The van der Waals surface area contributed by atoms with Gasteiger partial charge in [-0.05, 0) is 167 Å². The van der Waals surface area contributed by atoms with Crippen molar-refractivity contribution in [3.8, 4) is 85.4 Å². The highest BCUT2D eigenvalue weighted by Crippen LogP contribution is 2.31. The zero-order valence-electron chi connectivity index (χ0n) is 59.0. The van der Waals surface area contributed by atoms with Crippen molar-refractivity contribution in [1.82, 2.24) is 69.1 Å². The summed E-state index contributed by atoms with van der Waals surface area (Å²) in [5, 5.41) is 46.2. The number of likely N-dealkylation sites (tertiary alicyclic amines) is 3. The summed E-state index contributed by atoms with van der Waals surface area (Å²) in [5.74, 6) is -0.0115. The number of aromatic nitrogens is 9. The number of alkyl carbamates (subject to hydrolysis) is 1. The maximum Gasteiger partial charge on any atom is 0.407 e. The highest BCUT2D eigenvalue weighted by atomic mass is 16.6. The summed E-state index contributed by atoms with van der Waals surface area (Å²) in [6.07, 6.45) is 15.1. The van der Waals surface area contributed by atoms with Gasteiger partial charge in [-0.2, -0.15) is 31.1 Å². The molecule has 0 radical (unpaired) electrons. The Labute approximate surface area is 611 Å². The quantitative estimate of drug-likeness (QED) is 0.108. The molecule has 24 heteroatoms. The number of piperidine rings is 3. The molecule has 6 aromatic heterocycles. The molecule has 530 valence electrons. The number of hydrogen-bond donors (Lipinski definition) is 3. The first-order valence-electron chi connectivity index (χ1n) is 35.1. The number of carbonyl (C=O) groups is 5. The van der Waals surface area contributed by atoms with E-state index in [1.54, 1.807) is 68.5 Å². The van der Waals surface area contributed by atoms with E-state index in [2.05, 4.69) is 44.1 Å². The summed E-state index contributed by atoms with van der Waals surface area (Å²) in [6, 6.07) is 57.0. The Morgan fingerprint density at radius 1 is 0.415 bits per heavy atom. The Morgan fingerprint density at radius 2 is 0.698 bits per heavy atom. The van der Waals surface area contributed by atoms with Gasteiger partial charge in [0.25, 0.3) is 17.7 Å². The lowest BCUT2D eigenvalue weighted by Crippen LogP contribution is -2.47. The van der Waals surface area contributed by atoms with Gasteiger partial charge < -0.3 is 35.8 Å². The molecule has 106 heavy (non-hydrogen) atoms. The van der Waals surface area contributed by atoms with E-state index >= 15 is 0 Å². The van der Waals surface area contributed by atoms with E-state index in [0.29, 0.717) is 91.1 Å². The van der Waals surface area contributed by atoms with Crippen LogP contribution in [0.15, 0.2) is 201 Å². The molecule has 5 amide bonds. The number of nitrogens with one attached hydrogen (secondary N) is 2. The summed E-state index contributed by atoms with van der Waals surface area (Å²) < 4.78 is 10.5. The van der Waals surface area contributed by atoms with Crippen molar-refractivity contribution in [2.24, 2.45) is 5.73 Å². The molecular weight excluding hydrogens is 1330 g/mol. The van der Waals surface area contributed by atoms with Crippen LogP contribution in [0.2, 0.25) is 0 Å². The fourth-order valence-electron chi connectivity index (χ4n) is 13.1. The van der Waals surface area contributed by atoms with Gasteiger partial charge in [-0.25, -0.2) is 33.3 Å². The summed E-state index contributed by atoms with van der Waals surface area (Å²) >= 11 is 0. The van der Waals surface area contributed by atoms with Gasteiger partial charge in [-0.1, -0.05) is 72.8 Å². The third-order valence-electron chi connectivity index (χ3n) is 18.9. The van der Waals surface area contributed by atoms with Crippen molar-refractivity contribution >= 4 is 46.7 Å². The molecule has 3 aliphatic heterocycles. The summed E-state index contributed by atoms with van der Waals surface area (Å²) in [5.41, 5.74) is 21.8. The monoisotopic (exact) mass is 1410 g/mol. The van der Waals surface area contributed by atoms with Crippen molar-refractivity contribution in [3.63, 3.8) is 0 Å².